The van der Waals surface area contributed by atoms with E-state index in [4.69, 9.17) is 44.5 Å². The Morgan fingerprint density at radius 3 is 1.22 bits per heavy atom. The molecule has 10 heterocycles. The molecule has 0 aliphatic rings. The van der Waals surface area contributed by atoms with E-state index in [2.05, 4.69) is 135 Å². The van der Waals surface area contributed by atoms with E-state index in [9.17, 15) is 14.4 Å². The fraction of sp³-hybridized carbons (Fsp3) is 0.134. The number of carbonyl (C=O) groups excluding carboxylic acids is 3. The quantitative estimate of drug-likeness (QED) is 0.0316. The molecule has 6 aromatic carbocycles. The summed E-state index contributed by atoms with van der Waals surface area (Å²) in [7, 11) is 1.52. The van der Waals surface area contributed by atoms with Gasteiger partial charge in [-0.3, -0.25) is 14.4 Å². The maximum atomic E-state index is 12.2. The number of imidazole rings is 5. The number of carbonyl (C=O) groups is 3. The van der Waals surface area contributed by atoms with Gasteiger partial charge in [-0.1, -0.05) is 78.9 Å². The summed E-state index contributed by atoms with van der Waals surface area (Å²) in [4.78, 5) is 118. The third-order valence-electron chi connectivity index (χ3n) is 17.1. The van der Waals surface area contributed by atoms with Crippen LogP contribution >= 0.6 is 0 Å². The van der Waals surface area contributed by atoms with Crippen molar-refractivity contribution in [3.8, 4) is 75.8 Å². The molecule has 0 saturated heterocycles. The monoisotopic (exact) mass is 1570 g/mol. The Balaban J connectivity index is 0. The molecule has 16 rings (SSSR count). The Morgan fingerprint density at radius 1 is 0.431 bits per heavy atom. The average molecular weight is 1570 g/mol. The van der Waals surface area contributed by atoms with Crippen molar-refractivity contribution in [2.24, 2.45) is 0 Å². The van der Waals surface area contributed by atoms with Crippen molar-refractivity contribution in [2.75, 3.05) is 55.4 Å². The van der Waals surface area contributed by atoms with Crippen LogP contribution in [0, 0.1) is 61.7 Å². The summed E-state index contributed by atoms with van der Waals surface area (Å²) in [6, 6.07) is 47.2. The number of para-hydroxylation sites is 2. The number of amides is 3. The molecular weight excluding hydrogens is 1470 g/mol. The van der Waals surface area contributed by atoms with Crippen LogP contribution in [-0.2, 0) is 6.42 Å². The van der Waals surface area contributed by atoms with Crippen molar-refractivity contribution in [1.82, 2.24) is 115 Å². The van der Waals surface area contributed by atoms with Crippen LogP contribution in [0.1, 0.15) is 103 Å². The van der Waals surface area contributed by atoms with Crippen molar-refractivity contribution in [1.29, 1.82) is 15.8 Å². The van der Waals surface area contributed by atoms with Crippen molar-refractivity contribution in [2.45, 2.75) is 47.5 Å². The van der Waals surface area contributed by atoms with Gasteiger partial charge < -0.3 is 69.1 Å². The first kappa shape index (κ1) is 79.0. The molecule has 0 radical (unpaired) electrons. The number of nitrogens with two attached hydrogens (primary N) is 5. The van der Waals surface area contributed by atoms with E-state index in [1.54, 1.807) is 12.4 Å². The highest BCUT2D eigenvalue weighted by atomic mass is 16.2. The number of hydrogen-bond donors (Lipinski definition) is 12. The largest absolute Gasteiger partial charge is 0.382 e. The molecule has 34 nitrogen and oxygen atoms in total. The second-order valence-electron chi connectivity index (χ2n) is 26.0. The van der Waals surface area contributed by atoms with E-state index in [1.807, 2.05) is 180 Å². The van der Waals surface area contributed by atoms with Gasteiger partial charge in [0.25, 0.3) is 17.7 Å². The first-order valence-electron chi connectivity index (χ1n) is 35.8. The zero-order valence-corrected chi connectivity index (χ0v) is 63.5. The topological polar surface area (TPSA) is 552 Å². The molecule has 0 aliphatic carbocycles. The number of aromatic amines is 5. The standard InChI is InChI=1S/C21H19N5.2C16H15N7O.C15H15N5.C14H11N7O.13H2/c1-14-10-11-17-18(12-14)26-21(25-17)19-20(22)23-13-16(24-19)9-5-8-15-6-3-2-4-7-15;1-9-3-4-10-11(7-9)22-15(21-10)13-14(18)19-8-12(20-13)16(24)23(2)6-5-17;1-9-3-4-10-11(7-9)23-15(22-10)13-14(18)20-8-12(21-13)16(24)19-6-2-5-17;1-3-4-10-8-17-14(16)13(18-10)15-19-11-6-5-9(2)7-12(11)20-15;15-5-6-17-14(22)10-7-18-12(16)11(19-10)13-20-8-3-1-2-4-9(8)21-13;;;;;;;;;;;;;/h2-7,9-13H,8H2,1H3,(H2,22,23)(H,25,26);3-4,7-8H,6H2,1-2H3,(H2,18,19)(H,21,22);3-4,7-8H,2,6H2,1H3,(H2,18,20)(H,19,24)(H,22,23);3-8H,1-2H3,(H2,16,17)(H,19,20);1-4,7H,6H2,(H2,16,18)(H,17,22)(H,20,21);13*1H/b9-5+;;;4-3+;;;;;;;;;;;;;;. The van der Waals surface area contributed by atoms with E-state index >= 15 is 0 Å². The van der Waals surface area contributed by atoms with Gasteiger partial charge in [-0.2, -0.15) is 15.8 Å². The Kier molecular flexibility index (Phi) is 24.7. The number of aryl methyl sites for hydroxylation is 4. The van der Waals surface area contributed by atoms with E-state index in [0.717, 1.165) is 84.1 Å². The molecule has 3 amide bonds. The molecule has 0 bridgehead atoms. The van der Waals surface area contributed by atoms with Crippen LogP contribution in [0.4, 0.5) is 29.1 Å². The van der Waals surface area contributed by atoms with Crippen molar-refractivity contribution in [3.63, 3.8) is 0 Å². The van der Waals surface area contributed by atoms with Crippen LogP contribution in [0.15, 0.2) is 171 Å². The molecule has 0 fully saturated rings. The number of nitrogens with zero attached hydrogens (tertiary/aromatic N) is 19. The number of H-pyrrole nitrogens is 5. The maximum Gasteiger partial charge on any atom is 0.274 e. The fourth-order valence-electron chi connectivity index (χ4n) is 11.4. The first-order chi connectivity index (χ1) is 56.1. The molecule has 10 aromatic heterocycles. The lowest BCUT2D eigenvalue weighted by molar-refractivity contribution is 0.0805. The Morgan fingerprint density at radius 2 is 0.802 bits per heavy atom. The Hall–Kier alpha value is -16.6. The minimum atomic E-state index is -0.494. The predicted molar refractivity (Wildman–Crippen MR) is 471 cm³/mol. The van der Waals surface area contributed by atoms with Crippen LogP contribution in [0.2, 0.25) is 0 Å². The van der Waals surface area contributed by atoms with E-state index in [1.165, 1.54) is 47.2 Å². The molecule has 0 saturated carbocycles. The van der Waals surface area contributed by atoms with E-state index in [-0.39, 0.29) is 79.1 Å². The molecule has 0 spiro atoms. The van der Waals surface area contributed by atoms with Crippen molar-refractivity contribution < 1.29 is 32.9 Å². The Labute approximate surface area is 681 Å². The summed E-state index contributed by atoms with van der Waals surface area (Å²) in [6.45, 7) is 10.1. The summed E-state index contributed by atoms with van der Waals surface area (Å²) < 4.78 is 0. The number of nitrogen functional groups attached to an aromatic ring is 5. The van der Waals surface area contributed by atoms with Crippen molar-refractivity contribution in [3.05, 3.63) is 227 Å². The zero-order valence-electron chi connectivity index (χ0n) is 63.5. The number of aromatic nitrogens is 20. The van der Waals surface area contributed by atoms with Crippen molar-refractivity contribution >= 4 is 114 Å². The first-order valence-corrected chi connectivity index (χ1v) is 35.8. The number of hydrogen-bond acceptors (Lipinski definition) is 26. The number of anilines is 5. The van der Waals surface area contributed by atoms with E-state index in [0.29, 0.717) is 69.2 Å². The fourth-order valence-corrected chi connectivity index (χ4v) is 11.4. The summed E-state index contributed by atoms with van der Waals surface area (Å²) in [6.07, 6.45) is 16.0. The number of nitriles is 3. The summed E-state index contributed by atoms with van der Waals surface area (Å²) >= 11 is 0. The Bertz CT molecular complexity index is 6540. The summed E-state index contributed by atoms with van der Waals surface area (Å²) in [5.74, 6) is 2.53. The lowest BCUT2D eigenvalue weighted by atomic mass is 10.1. The molecule has 16 aromatic rings. The molecule has 0 atom stereocenters. The molecule has 34 heteroatoms. The second-order valence-corrected chi connectivity index (χ2v) is 26.0. The molecule has 602 valence electrons. The summed E-state index contributed by atoms with van der Waals surface area (Å²) in [5.41, 5.74) is 47.8. The lowest BCUT2D eigenvalue weighted by Gasteiger charge is -2.12. The van der Waals surface area contributed by atoms with Crippen LogP contribution in [-0.4, -0.2) is 149 Å². The van der Waals surface area contributed by atoms with Gasteiger partial charge in [0.2, 0.25) is 0 Å². The van der Waals surface area contributed by atoms with Gasteiger partial charge in [-0.25, -0.2) is 74.8 Å². The van der Waals surface area contributed by atoms with Crippen LogP contribution < -0.4 is 39.3 Å². The highest BCUT2D eigenvalue weighted by Crippen LogP contribution is 2.29. The second kappa shape index (κ2) is 36.3. The van der Waals surface area contributed by atoms with Gasteiger partial charge in [0.05, 0.1) is 122 Å². The van der Waals surface area contributed by atoms with Gasteiger partial charge in [-0.05, 0) is 142 Å². The molecule has 0 unspecified atom stereocenters. The van der Waals surface area contributed by atoms with Gasteiger partial charge >= 0.3 is 0 Å². The average Bonchev–Trinajstić information content (AvgIpc) is 1.68. The highest BCUT2D eigenvalue weighted by molar-refractivity contribution is 5.95. The highest BCUT2D eigenvalue weighted by Gasteiger charge is 2.22. The number of fused-ring (bicyclic) bond motifs is 5. The van der Waals surface area contributed by atoms with E-state index < -0.39 is 17.7 Å². The molecule has 0 aliphatic heterocycles. The number of allylic oxidation sites excluding steroid dienone is 2. The maximum absolute atomic E-state index is 12.2. The predicted octanol–water partition coefficient (Wildman–Crippen LogP) is 14.2. The number of rotatable bonds is 16. The van der Waals surface area contributed by atoms with Gasteiger partial charge in [0.1, 0.15) is 58.6 Å². The number of nitrogens with one attached hydrogen (secondary N) is 7. The number of benzene rings is 6. The summed E-state index contributed by atoms with van der Waals surface area (Å²) in [5, 5.41) is 30.7. The third kappa shape index (κ3) is 19.3. The van der Waals surface area contributed by atoms with Crippen LogP contribution in [0.5, 0.6) is 0 Å². The van der Waals surface area contributed by atoms with Gasteiger partial charge in [0, 0.05) is 32.1 Å². The van der Waals surface area contributed by atoms with Crippen LogP contribution in [0.3, 0.4) is 0 Å². The molecule has 17 N–H and O–H groups in total. The van der Waals surface area contributed by atoms with Gasteiger partial charge in [-0.15, -0.1) is 0 Å². The smallest absolute Gasteiger partial charge is 0.274 e. The zero-order chi connectivity index (χ0) is 81.9. The minimum absolute atomic E-state index is 0. The molecular formula is C82H101N31O3. The molecule has 116 heavy (non-hydrogen) atoms. The minimum Gasteiger partial charge on any atom is -0.382 e. The van der Waals surface area contributed by atoms with Crippen LogP contribution in [0.25, 0.3) is 125 Å². The SMILES string of the molecule is C/C=C/c1cnc(N)c(-c2nc3ccc(C)cc3[nH]2)n1.Cc1ccc2nc(-c3nc(/C=C/Cc4ccccc4)cnc3N)[nH]c2c1.Cc1ccc2nc(-c3nc(C(=O)N(C)CC#N)cnc3N)[nH]c2c1.Cc1ccc2nc(-c3nc(C(=O)NCCC#N)cnc3N)[nH]c2c1.N#CCNC(=O)c1cnc(N)c(-c2nc3ccccc3[nH]2)n1.[HH].[HH].[HH].[HH].[HH].[HH].[HH].[HH].[HH].[HH].[HH].[HH].[HH]. The normalized spacial score (nSPS) is 10.9. The third-order valence-corrected chi connectivity index (χ3v) is 17.1. The lowest BCUT2D eigenvalue weighted by Crippen LogP contribution is -2.28. The van der Waals surface area contributed by atoms with Gasteiger partial charge in [0.15, 0.2) is 58.2 Å².